The van der Waals surface area contributed by atoms with Crippen LogP contribution in [-0.4, -0.2) is 19.6 Å². The smallest absolute Gasteiger partial charge is 0.149 e. The maximum absolute atomic E-state index is 14.3. The Morgan fingerprint density at radius 3 is 2.35 bits per heavy atom. The molecule has 0 amide bonds. The second-order valence-electron chi connectivity index (χ2n) is 6.15. The summed E-state index contributed by atoms with van der Waals surface area (Å²) in [6.45, 7) is 7.53. The van der Waals surface area contributed by atoms with Crippen molar-refractivity contribution in [1.82, 2.24) is 5.32 Å². The Kier molecular flexibility index (Phi) is 4.63. The molecule has 1 saturated heterocycles. The molecule has 2 rings (SSSR count). The highest BCUT2D eigenvalue weighted by atomic mass is 19.1. The fourth-order valence-corrected chi connectivity index (χ4v) is 3.21. The van der Waals surface area contributed by atoms with Gasteiger partial charge in [0.25, 0.3) is 0 Å². The van der Waals surface area contributed by atoms with Crippen LogP contribution in [0.1, 0.15) is 32.8 Å². The Labute approximate surface area is 120 Å². The molecule has 1 aliphatic heterocycles. The van der Waals surface area contributed by atoms with Crippen molar-refractivity contribution < 1.29 is 8.78 Å². The minimum atomic E-state index is -0.455. The minimum Gasteiger partial charge on any atom is -0.364 e. The van der Waals surface area contributed by atoms with Crippen molar-refractivity contribution in [3.63, 3.8) is 0 Å². The van der Waals surface area contributed by atoms with Crippen LogP contribution in [0.25, 0.3) is 0 Å². The van der Waals surface area contributed by atoms with E-state index in [-0.39, 0.29) is 11.7 Å². The highest BCUT2D eigenvalue weighted by Gasteiger charge is 2.32. The molecule has 0 aliphatic carbocycles. The Balaban J connectivity index is 2.36. The third-order valence-corrected chi connectivity index (χ3v) is 4.34. The van der Waals surface area contributed by atoms with Gasteiger partial charge >= 0.3 is 0 Å². The monoisotopic (exact) mass is 282 g/mol. The van der Waals surface area contributed by atoms with Gasteiger partial charge in [-0.05, 0) is 49.9 Å². The van der Waals surface area contributed by atoms with Gasteiger partial charge in [0.15, 0.2) is 0 Å². The van der Waals surface area contributed by atoms with E-state index in [0.717, 1.165) is 6.42 Å². The highest BCUT2D eigenvalue weighted by Crippen LogP contribution is 2.34. The number of nitrogens with zero attached hydrogens (tertiary/aromatic N) is 1. The molecule has 112 valence electrons. The molecule has 0 saturated carbocycles. The van der Waals surface area contributed by atoms with Crippen LogP contribution in [0.5, 0.6) is 0 Å². The van der Waals surface area contributed by atoms with Crippen LogP contribution < -0.4 is 10.2 Å². The maximum atomic E-state index is 14.3. The van der Waals surface area contributed by atoms with Crippen molar-refractivity contribution in [3.05, 3.63) is 29.3 Å². The largest absolute Gasteiger partial charge is 0.364 e. The number of halogens is 2. The summed E-state index contributed by atoms with van der Waals surface area (Å²) in [6, 6.07) is 3.03. The van der Waals surface area contributed by atoms with Gasteiger partial charge in [0.05, 0.1) is 0 Å². The molecular formula is C16H24F2N2. The lowest BCUT2D eigenvalue weighted by Gasteiger charge is -2.42. The molecule has 0 radical (unpaired) electrons. The van der Waals surface area contributed by atoms with Crippen LogP contribution in [0, 0.1) is 23.5 Å². The van der Waals surface area contributed by atoms with E-state index in [2.05, 4.69) is 26.1 Å². The van der Waals surface area contributed by atoms with Crippen molar-refractivity contribution in [1.29, 1.82) is 0 Å². The van der Waals surface area contributed by atoms with Gasteiger partial charge in [-0.1, -0.05) is 13.8 Å². The van der Waals surface area contributed by atoms with Gasteiger partial charge in [0, 0.05) is 19.1 Å². The first-order chi connectivity index (χ1) is 9.43. The third-order valence-electron chi connectivity index (χ3n) is 4.34. The summed E-state index contributed by atoms with van der Waals surface area (Å²) < 4.78 is 28.7. The number of piperidine rings is 1. The summed E-state index contributed by atoms with van der Waals surface area (Å²) in [5.74, 6) is -0.0154. The Morgan fingerprint density at radius 1 is 1.20 bits per heavy atom. The lowest BCUT2D eigenvalue weighted by molar-refractivity contribution is 0.292. The molecule has 4 heteroatoms. The standard InChI is InChI=1S/C16H24F2N2/c1-10-5-11(2)12(3)20(9-10)16-14(17)6-13(8-19-4)7-15(16)18/h6-7,10-12,19H,5,8-9H2,1-4H3. The molecule has 0 bridgehead atoms. The highest BCUT2D eigenvalue weighted by molar-refractivity contribution is 5.52. The first-order valence-corrected chi connectivity index (χ1v) is 7.33. The molecule has 1 N–H and O–H groups in total. The number of hydrogen-bond acceptors (Lipinski definition) is 2. The van der Waals surface area contributed by atoms with E-state index >= 15 is 0 Å². The summed E-state index contributed by atoms with van der Waals surface area (Å²) in [5, 5.41) is 2.91. The Bertz CT molecular complexity index is 453. The number of hydrogen-bond donors (Lipinski definition) is 1. The molecule has 2 nitrogen and oxygen atoms in total. The molecule has 0 aromatic heterocycles. The number of rotatable bonds is 3. The molecule has 20 heavy (non-hydrogen) atoms. The second-order valence-corrected chi connectivity index (χ2v) is 6.15. The second kappa shape index (κ2) is 6.08. The lowest BCUT2D eigenvalue weighted by Crippen LogP contribution is -2.46. The number of anilines is 1. The zero-order chi connectivity index (χ0) is 14.9. The quantitative estimate of drug-likeness (QED) is 0.912. The van der Waals surface area contributed by atoms with E-state index in [1.807, 2.05) is 4.90 Å². The van der Waals surface area contributed by atoms with Crippen LogP contribution in [0.15, 0.2) is 12.1 Å². The van der Waals surface area contributed by atoms with E-state index in [9.17, 15) is 8.78 Å². The van der Waals surface area contributed by atoms with E-state index in [4.69, 9.17) is 0 Å². The van der Waals surface area contributed by atoms with Crippen LogP contribution in [-0.2, 0) is 6.54 Å². The first-order valence-electron chi connectivity index (χ1n) is 7.33. The Hall–Kier alpha value is -1.16. The fourth-order valence-electron chi connectivity index (χ4n) is 3.21. The van der Waals surface area contributed by atoms with Crippen LogP contribution >= 0.6 is 0 Å². The lowest BCUT2D eigenvalue weighted by atomic mass is 9.85. The molecule has 0 spiro atoms. The maximum Gasteiger partial charge on any atom is 0.149 e. The minimum absolute atomic E-state index is 0.135. The summed E-state index contributed by atoms with van der Waals surface area (Å²) in [7, 11) is 1.76. The van der Waals surface area contributed by atoms with Crippen molar-refractivity contribution in [2.45, 2.75) is 39.8 Å². The van der Waals surface area contributed by atoms with E-state index in [1.165, 1.54) is 12.1 Å². The summed E-state index contributed by atoms with van der Waals surface area (Å²) >= 11 is 0. The zero-order valence-electron chi connectivity index (χ0n) is 12.7. The number of benzene rings is 1. The van der Waals surface area contributed by atoms with E-state index in [0.29, 0.717) is 30.5 Å². The van der Waals surface area contributed by atoms with Gasteiger partial charge in [-0.3, -0.25) is 0 Å². The summed E-state index contributed by atoms with van der Waals surface area (Å²) in [5.41, 5.74) is 0.771. The molecule has 1 aromatic rings. The van der Waals surface area contributed by atoms with Gasteiger partial charge in [-0.15, -0.1) is 0 Å². The molecule has 1 aliphatic rings. The molecule has 1 aromatic carbocycles. The van der Waals surface area contributed by atoms with Crippen LogP contribution in [0.4, 0.5) is 14.5 Å². The van der Waals surface area contributed by atoms with E-state index in [1.54, 1.807) is 7.05 Å². The number of nitrogens with one attached hydrogen (secondary N) is 1. The molecule has 1 heterocycles. The average Bonchev–Trinajstić information content (AvgIpc) is 2.34. The predicted molar refractivity (Wildman–Crippen MR) is 78.9 cm³/mol. The van der Waals surface area contributed by atoms with Crippen molar-refractivity contribution in [3.8, 4) is 0 Å². The van der Waals surface area contributed by atoms with Crippen molar-refractivity contribution >= 4 is 5.69 Å². The average molecular weight is 282 g/mol. The Morgan fingerprint density at radius 2 is 1.80 bits per heavy atom. The predicted octanol–water partition coefficient (Wildman–Crippen LogP) is 3.56. The summed E-state index contributed by atoms with van der Waals surface area (Å²) in [4.78, 5) is 1.90. The third kappa shape index (κ3) is 2.95. The van der Waals surface area contributed by atoms with Gasteiger partial charge in [-0.25, -0.2) is 8.78 Å². The summed E-state index contributed by atoms with van der Waals surface area (Å²) in [6.07, 6.45) is 1.11. The van der Waals surface area contributed by atoms with E-state index < -0.39 is 11.6 Å². The normalized spacial score (nSPS) is 26.9. The van der Waals surface area contributed by atoms with Gasteiger partial charge in [0.2, 0.25) is 0 Å². The SMILES string of the molecule is CNCc1cc(F)c(N2CC(C)CC(C)C2C)c(F)c1. The zero-order valence-corrected chi connectivity index (χ0v) is 12.7. The van der Waals surface area contributed by atoms with Crippen LogP contribution in [0.2, 0.25) is 0 Å². The topological polar surface area (TPSA) is 15.3 Å². The molecule has 3 unspecified atom stereocenters. The van der Waals surface area contributed by atoms with Crippen molar-refractivity contribution in [2.24, 2.45) is 11.8 Å². The van der Waals surface area contributed by atoms with Gasteiger partial charge < -0.3 is 10.2 Å². The molecular weight excluding hydrogens is 258 g/mol. The fraction of sp³-hybridized carbons (Fsp3) is 0.625. The van der Waals surface area contributed by atoms with Gasteiger partial charge in [-0.2, -0.15) is 0 Å². The van der Waals surface area contributed by atoms with Gasteiger partial charge in [0.1, 0.15) is 17.3 Å². The van der Waals surface area contributed by atoms with Crippen LogP contribution in [0.3, 0.4) is 0 Å². The first kappa shape index (κ1) is 15.2. The van der Waals surface area contributed by atoms with Crippen molar-refractivity contribution in [2.75, 3.05) is 18.5 Å². The molecule has 3 atom stereocenters. The molecule has 1 fully saturated rings.